The van der Waals surface area contributed by atoms with Gasteiger partial charge in [-0.3, -0.25) is 4.99 Å². The Morgan fingerprint density at radius 1 is 1.45 bits per heavy atom. The molecule has 116 valence electrons. The van der Waals surface area contributed by atoms with Crippen molar-refractivity contribution < 1.29 is 9.52 Å². The number of thioether (sulfide) groups is 1. The monoisotopic (exact) mass is 399 g/mol. The molecule has 1 atom stereocenters. The first kappa shape index (κ1) is 15.8. The second-order valence-corrected chi connectivity index (χ2v) is 8.74. The highest BCUT2D eigenvalue weighted by molar-refractivity contribution is 9.11. The Balaban J connectivity index is 1.97. The van der Waals surface area contributed by atoms with E-state index in [-0.39, 0.29) is 16.6 Å². The second-order valence-electron chi connectivity index (χ2n) is 4.94. The third kappa shape index (κ3) is 3.31. The summed E-state index contributed by atoms with van der Waals surface area (Å²) in [6, 6.07) is 5.58. The molecule has 1 aliphatic rings. The lowest BCUT2D eigenvalue weighted by Crippen LogP contribution is -2.16. The van der Waals surface area contributed by atoms with E-state index in [0.29, 0.717) is 24.4 Å². The molecule has 0 saturated carbocycles. The van der Waals surface area contributed by atoms with Crippen molar-refractivity contribution in [2.45, 2.75) is 18.6 Å². The molecule has 3 rings (SSSR count). The van der Waals surface area contributed by atoms with E-state index in [1.807, 2.05) is 17.8 Å². The molecule has 0 radical (unpaired) electrons. The summed E-state index contributed by atoms with van der Waals surface area (Å²) in [6.07, 6.45) is 0.610. The Bertz CT molecular complexity index is 781. The van der Waals surface area contributed by atoms with Crippen LogP contribution in [0, 0.1) is 6.92 Å². The van der Waals surface area contributed by atoms with E-state index in [4.69, 9.17) is 4.42 Å². The summed E-state index contributed by atoms with van der Waals surface area (Å²) in [6.45, 7) is 2.28. The summed E-state index contributed by atoms with van der Waals surface area (Å²) >= 11 is 7.00. The van der Waals surface area contributed by atoms with E-state index < -0.39 is 5.63 Å². The van der Waals surface area contributed by atoms with Crippen LogP contribution in [0.3, 0.4) is 0 Å². The minimum atomic E-state index is -0.519. The Morgan fingerprint density at radius 3 is 2.95 bits per heavy atom. The Kier molecular flexibility index (Phi) is 4.75. The van der Waals surface area contributed by atoms with Crippen molar-refractivity contribution in [3.63, 3.8) is 0 Å². The van der Waals surface area contributed by atoms with Crippen LogP contribution in [0.5, 0.6) is 5.75 Å². The number of aliphatic imine (C=N–C) groups is 1. The van der Waals surface area contributed by atoms with Crippen molar-refractivity contribution in [1.29, 1.82) is 0 Å². The van der Waals surface area contributed by atoms with E-state index in [0.717, 1.165) is 9.54 Å². The summed E-state index contributed by atoms with van der Waals surface area (Å²) in [5.74, 6) is 1.24. The van der Waals surface area contributed by atoms with Gasteiger partial charge in [0, 0.05) is 34.9 Å². The molecule has 0 aliphatic carbocycles. The van der Waals surface area contributed by atoms with Gasteiger partial charge < -0.3 is 9.52 Å². The van der Waals surface area contributed by atoms with Crippen LogP contribution in [0.4, 0.5) is 0 Å². The van der Waals surface area contributed by atoms with Crippen LogP contribution < -0.4 is 5.63 Å². The average Bonchev–Trinajstić information content (AvgIpc) is 2.73. The van der Waals surface area contributed by atoms with Gasteiger partial charge in [-0.25, -0.2) is 4.79 Å². The molecule has 2 aromatic heterocycles. The SMILES string of the molecule is Cc1cc(O)c(C2=NCCSC(c3ccc(Br)s3)C2)c(=O)o1. The second kappa shape index (κ2) is 6.60. The number of halogens is 1. The van der Waals surface area contributed by atoms with Gasteiger partial charge in [-0.15, -0.1) is 11.3 Å². The molecule has 0 aromatic carbocycles. The Labute approximate surface area is 144 Å². The molecule has 4 nitrogen and oxygen atoms in total. The van der Waals surface area contributed by atoms with Crippen LogP contribution in [-0.4, -0.2) is 23.1 Å². The van der Waals surface area contributed by atoms with Crippen molar-refractivity contribution in [3.8, 4) is 5.75 Å². The molecule has 0 saturated heterocycles. The van der Waals surface area contributed by atoms with E-state index >= 15 is 0 Å². The summed E-state index contributed by atoms with van der Waals surface area (Å²) < 4.78 is 6.21. The lowest BCUT2D eigenvalue weighted by atomic mass is 10.1. The highest BCUT2D eigenvalue weighted by atomic mass is 79.9. The van der Waals surface area contributed by atoms with E-state index in [2.05, 4.69) is 27.0 Å². The third-order valence-electron chi connectivity index (χ3n) is 3.35. The number of hydrogen-bond donors (Lipinski definition) is 1. The van der Waals surface area contributed by atoms with Gasteiger partial charge in [-0.1, -0.05) is 0 Å². The minimum absolute atomic E-state index is 0.0505. The van der Waals surface area contributed by atoms with Crippen LogP contribution in [0.25, 0.3) is 0 Å². The Morgan fingerprint density at radius 2 is 2.27 bits per heavy atom. The van der Waals surface area contributed by atoms with Crippen LogP contribution >= 0.6 is 39.0 Å². The zero-order chi connectivity index (χ0) is 15.7. The van der Waals surface area contributed by atoms with Gasteiger partial charge in [-0.05, 0) is 35.0 Å². The average molecular weight is 400 g/mol. The molecule has 0 amide bonds. The van der Waals surface area contributed by atoms with E-state index in [1.165, 1.54) is 10.9 Å². The van der Waals surface area contributed by atoms with Crippen LogP contribution in [-0.2, 0) is 0 Å². The molecule has 1 unspecified atom stereocenters. The number of rotatable bonds is 2. The lowest BCUT2D eigenvalue weighted by Gasteiger charge is -2.13. The molecule has 3 heterocycles. The van der Waals surface area contributed by atoms with Gasteiger partial charge in [0.25, 0.3) is 0 Å². The van der Waals surface area contributed by atoms with Gasteiger partial charge in [0.15, 0.2) is 0 Å². The normalized spacial score (nSPS) is 18.8. The number of aromatic hydroxyl groups is 1. The summed E-state index contributed by atoms with van der Waals surface area (Å²) in [7, 11) is 0. The molecule has 0 fully saturated rings. The molecule has 22 heavy (non-hydrogen) atoms. The standard InChI is InChI=1S/C15H14BrNO3S2/c1-8-6-10(18)14(15(19)20-8)9-7-12(21-5-4-17-9)11-2-3-13(16)22-11/h2-3,6,12,18H,4-5,7H2,1H3. The predicted octanol–water partition coefficient (Wildman–Crippen LogP) is 4.15. The van der Waals surface area contributed by atoms with Gasteiger partial charge >= 0.3 is 5.63 Å². The summed E-state index contributed by atoms with van der Waals surface area (Å²) in [4.78, 5) is 17.8. The maximum atomic E-state index is 12.1. The largest absolute Gasteiger partial charge is 0.507 e. The Hall–Kier alpha value is -1.05. The van der Waals surface area contributed by atoms with Gasteiger partial charge in [0.1, 0.15) is 17.1 Å². The quantitative estimate of drug-likeness (QED) is 0.823. The molecule has 0 spiro atoms. The van der Waals surface area contributed by atoms with Crippen molar-refractivity contribution in [2.75, 3.05) is 12.3 Å². The number of aryl methyl sites for hydroxylation is 1. The van der Waals surface area contributed by atoms with E-state index in [1.54, 1.807) is 18.3 Å². The van der Waals surface area contributed by atoms with Crippen LogP contribution in [0.1, 0.15) is 27.9 Å². The topological polar surface area (TPSA) is 62.8 Å². The molecule has 2 aromatic rings. The number of hydrogen-bond acceptors (Lipinski definition) is 6. The van der Waals surface area contributed by atoms with Crippen molar-refractivity contribution in [3.05, 3.63) is 48.6 Å². The fourth-order valence-corrected chi connectivity index (χ4v) is 5.15. The molecule has 7 heteroatoms. The van der Waals surface area contributed by atoms with Crippen molar-refractivity contribution >= 4 is 44.7 Å². The molecule has 1 N–H and O–H groups in total. The van der Waals surface area contributed by atoms with Crippen LogP contribution in [0.15, 0.2) is 36.2 Å². The molecule has 1 aliphatic heterocycles. The number of thiophene rings is 1. The lowest BCUT2D eigenvalue weighted by molar-refractivity contribution is 0.432. The maximum absolute atomic E-state index is 12.1. The van der Waals surface area contributed by atoms with Crippen LogP contribution in [0.2, 0.25) is 0 Å². The maximum Gasteiger partial charge on any atom is 0.348 e. The van der Waals surface area contributed by atoms with Gasteiger partial charge in [0.05, 0.1) is 9.50 Å². The predicted molar refractivity (Wildman–Crippen MR) is 94.6 cm³/mol. The summed E-state index contributed by atoms with van der Waals surface area (Å²) in [5.41, 5.74) is 0.314. The smallest absolute Gasteiger partial charge is 0.348 e. The first-order valence-electron chi connectivity index (χ1n) is 6.79. The zero-order valence-corrected chi connectivity index (χ0v) is 15.1. The molecular weight excluding hydrogens is 386 g/mol. The summed E-state index contributed by atoms with van der Waals surface area (Å²) in [5, 5.41) is 10.4. The number of nitrogens with zero attached hydrogens (tertiary/aromatic N) is 1. The minimum Gasteiger partial charge on any atom is -0.507 e. The highest BCUT2D eigenvalue weighted by Crippen LogP contribution is 2.40. The third-order valence-corrected chi connectivity index (χ3v) is 6.47. The van der Waals surface area contributed by atoms with Crippen molar-refractivity contribution in [2.24, 2.45) is 4.99 Å². The van der Waals surface area contributed by atoms with Crippen molar-refractivity contribution in [1.82, 2.24) is 0 Å². The molecule has 0 bridgehead atoms. The highest BCUT2D eigenvalue weighted by Gasteiger charge is 2.24. The first-order chi connectivity index (χ1) is 10.5. The fraction of sp³-hybridized carbons (Fsp3) is 0.333. The fourth-order valence-electron chi connectivity index (χ4n) is 2.40. The first-order valence-corrected chi connectivity index (χ1v) is 9.44. The zero-order valence-electron chi connectivity index (χ0n) is 11.8. The van der Waals surface area contributed by atoms with Gasteiger partial charge in [-0.2, -0.15) is 11.8 Å². The molecular formula is C15H14BrNO3S2. The van der Waals surface area contributed by atoms with Gasteiger partial charge in [0.2, 0.25) is 0 Å². The van der Waals surface area contributed by atoms with E-state index in [9.17, 15) is 9.90 Å².